The molecule has 0 spiro atoms. The van der Waals surface area contributed by atoms with Gasteiger partial charge in [-0.1, -0.05) is 36.4 Å². The van der Waals surface area contributed by atoms with Gasteiger partial charge in [0.2, 0.25) is 10.0 Å². The van der Waals surface area contributed by atoms with Gasteiger partial charge in [-0.2, -0.15) is 4.31 Å². The van der Waals surface area contributed by atoms with Gasteiger partial charge in [0.05, 0.1) is 4.90 Å². The van der Waals surface area contributed by atoms with E-state index in [4.69, 9.17) is 5.73 Å². The zero-order valence-electron chi connectivity index (χ0n) is 12.2. The first-order chi connectivity index (χ1) is 9.93. The summed E-state index contributed by atoms with van der Waals surface area (Å²) in [5.41, 5.74) is 7.34. The van der Waals surface area contributed by atoms with E-state index in [0.717, 1.165) is 5.56 Å². The number of anilines is 1. The molecule has 0 atom stereocenters. The van der Waals surface area contributed by atoms with E-state index < -0.39 is 10.0 Å². The fourth-order valence-corrected chi connectivity index (χ4v) is 3.76. The number of para-hydroxylation sites is 1. The summed E-state index contributed by atoms with van der Waals surface area (Å²) >= 11 is 0. The lowest BCUT2D eigenvalue weighted by Gasteiger charge is -2.26. The fourth-order valence-electron chi connectivity index (χ4n) is 2.12. The predicted molar refractivity (Wildman–Crippen MR) is 85.2 cm³/mol. The van der Waals surface area contributed by atoms with Crippen LogP contribution in [0.1, 0.15) is 19.4 Å². The van der Waals surface area contributed by atoms with Crippen molar-refractivity contribution in [2.75, 3.05) is 5.73 Å². The van der Waals surface area contributed by atoms with Crippen LogP contribution in [-0.4, -0.2) is 18.8 Å². The second kappa shape index (κ2) is 6.28. The number of hydrogen-bond acceptors (Lipinski definition) is 3. The van der Waals surface area contributed by atoms with E-state index in [1.165, 1.54) is 4.31 Å². The number of hydrogen-bond donors (Lipinski definition) is 1. The largest absolute Gasteiger partial charge is 0.398 e. The number of benzene rings is 2. The summed E-state index contributed by atoms with van der Waals surface area (Å²) in [5.74, 6) is 0. The highest BCUT2D eigenvalue weighted by Gasteiger charge is 2.27. The molecule has 0 unspecified atom stereocenters. The maximum Gasteiger partial charge on any atom is 0.243 e. The molecule has 0 saturated heterocycles. The average Bonchev–Trinajstić information content (AvgIpc) is 2.46. The lowest BCUT2D eigenvalue weighted by molar-refractivity contribution is 0.348. The third kappa shape index (κ3) is 3.43. The van der Waals surface area contributed by atoms with Crippen molar-refractivity contribution in [1.82, 2.24) is 4.31 Å². The third-order valence-electron chi connectivity index (χ3n) is 3.31. The van der Waals surface area contributed by atoms with Crippen molar-refractivity contribution in [3.63, 3.8) is 0 Å². The summed E-state index contributed by atoms with van der Waals surface area (Å²) in [5, 5.41) is 0. The van der Waals surface area contributed by atoms with Crippen LogP contribution in [0.15, 0.2) is 59.5 Å². The molecule has 0 amide bonds. The Kier molecular flexibility index (Phi) is 4.65. The molecule has 0 radical (unpaired) electrons. The standard InChI is InChI=1S/C16H20N2O2S/c1-13(2)18(12-14-8-6-7-11-16(14)17)21(19,20)15-9-4-3-5-10-15/h3-11,13H,12,17H2,1-2H3. The van der Waals surface area contributed by atoms with Gasteiger partial charge in [-0.15, -0.1) is 0 Å². The Bertz CT molecular complexity index is 697. The van der Waals surface area contributed by atoms with Crippen LogP contribution < -0.4 is 5.73 Å². The van der Waals surface area contributed by atoms with Gasteiger partial charge in [0.15, 0.2) is 0 Å². The van der Waals surface area contributed by atoms with Crippen molar-refractivity contribution in [2.45, 2.75) is 31.3 Å². The van der Waals surface area contributed by atoms with Gasteiger partial charge in [0, 0.05) is 18.3 Å². The second-order valence-electron chi connectivity index (χ2n) is 5.16. The smallest absolute Gasteiger partial charge is 0.243 e. The summed E-state index contributed by atoms with van der Waals surface area (Å²) in [6.07, 6.45) is 0. The molecule has 5 heteroatoms. The Balaban J connectivity index is 2.39. The molecule has 2 N–H and O–H groups in total. The Morgan fingerprint density at radius 2 is 1.57 bits per heavy atom. The molecule has 0 heterocycles. The van der Waals surface area contributed by atoms with E-state index in [2.05, 4.69) is 0 Å². The van der Waals surface area contributed by atoms with Gasteiger partial charge >= 0.3 is 0 Å². The van der Waals surface area contributed by atoms with Gasteiger partial charge in [-0.25, -0.2) is 8.42 Å². The SMILES string of the molecule is CC(C)N(Cc1ccccc1N)S(=O)(=O)c1ccccc1. The van der Waals surface area contributed by atoms with E-state index in [9.17, 15) is 8.42 Å². The van der Waals surface area contributed by atoms with Crippen molar-refractivity contribution in [2.24, 2.45) is 0 Å². The topological polar surface area (TPSA) is 63.4 Å². The molecule has 0 aliphatic rings. The lowest BCUT2D eigenvalue weighted by atomic mass is 10.2. The van der Waals surface area contributed by atoms with Crippen LogP contribution in [0.5, 0.6) is 0 Å². The van der Waals surface area contributed by atoms with Crippen LogP contribution in [0.4, 0.5) is 5.69 Å². The van der Waals surface area contributed by atoms with Gasteiger partial charge in [-0.05, 0) is 37.6 Å². The van der Waals surface area contributed by atoms with Crippen LogP contribution in [0, 0.1) is 0 Å². The Morgan fingerprint density at radius 1 is 1.00 bits per heavy atom. The highest BCUT2D eigenvalue weighted by molar-refractivity contribution is 7.89. The van der Waals surface area contributed by atoms with Crippen molar-refractivity contribution >= 4 is 15.7 Å². The number of rotatable bonds is 5. The molecule has 0 fully saturated rings. The highest BCUT2D eigenvalue weighted by atomic mass is 32.2. The summed E-state index contributed by atoms with van der Waals surface area (Å²) in [6, 6.07) is 15.6. The van der Waals surface area contributed by atoms with Crippen molar-refractivity contribution in [1.29, 1.82) is 0 Å². The summed E-state index contributed by atoms with van der Waals surface area (Å²) in [7, 11) is -3.54. The molecule has 0 saturated carbocycles. The molecule has 0 aliphatic heterocycles. The summed E-state index contributed by atoms with van der Waals surface area (Å²) < 4.78 is 27.0. The molecular weight excluding hydrogens is 284 g/mol. The molecule has 0 aromatic heterocycles. The van der Waals surface area contributed by atoms with E-state index in [0.29, 0.717) is 10.6 Å². The predicted octanol–water partition coefficient (Wildman–Crippen LogP) is 2.87. The normalized spacial score (nSPS) is 12.0. The van der Waals surface area contributed by atoms with Gasteiger partial charge in [-0.3, -0.25) is 0 Å². The van der Waals surface area contributed by atoms with Crippen molar-refractivity contribution < 1.29 is 8.42 Å². The van der Waals surface area contributed by atoms with E-state index in [1.807, 2.05) is 32.0 Å². The van der Waals surface area contributed by atoms with Crippen LogP contribution in [-0.2, 0) is 16.6 Å². The van der Waals surface area contributed by atoms with Gasteiger partial charge < -0.3 is 5.73 Å². The molecule has 2 rings (SSSR count). The second-order valence-corrected chi connectivity index (χ2v) is 7.05. The van der Waals surface area contributed by atoms with Gasteiger partial charge in [0.25, 0.3) is 0 Å². The number of nitrogens with zero attached hydrogens (tertiary/aromatic N) is 1. The molecule has 2 aromatic carbocycles. The molecule has 21 heavy (non-hydrogen) atoms. The van der Waals surface area contributed by atoms with Crippen LogP contribution in [0.3, 0.4) is 0 Å². The van der Waals surface area contributed by atoms with Crippen molar-refractivity contribution in [3.8, 4) is 0 Å². The van der Waals surface area contributed by atoms with E-state index in [-0.39, 0.29) is 12.6 Å². The van der Waals surface area contributed by atoms with Gasteiger partial charge in [0.1, 0.15) is 0 Å². The molecule has 0 aliphatic carbocycles. The van der Waals surface area contributed by atoms with Crippen molar-refractivity contribution in [3.05, 3.63) is 60.2 Å². The van der Waals surface area contributed by atoms with Crippen LogP contribution in [0.2, 0.25) is 0 Å². The molecule has 0 bridgehead atoms. The number of nitrogens with two attached hydrogens (primary N) is 1. The number of sulfonamides is 1. The first-order valence-corrected chi connectivity index (χ1v) is 8.27. The minimum absolute atomic E-state index is 0.158. The average molecular weight is 304 g/mol. The van der Waals surface area contributed by atoms with E-state index in [1.54, 1.807) is 36.4 Å². The minimum atomic E-state index is -3.54. The minimum Gasteiger partial charge on any atom is -0.398 e. The zero-order chi connectivity index (χ0) is 15.5. The zero-order valence-corrected chi connectivity index (χ0v) is 13.0. The number of nitrogen functional groups attached to an aromatic ring is 1. The van der Waals surface area contributed by atoms with Crippen LogP contribution >= 0.6 is 0 Å². The summed E-state index contributed by atoms with van der Waals surface area (Å²) in [4.78, 5) is 0.299. The Morgan fingerprint density at radius 3 is 2.14 bits per heavy atom. The molecule has 4 nitrogen and oxygen atoms in total. The maximum absolute atomic E-state index is 12.8. The maximum atomic E-state index is 12.8. The third-order valence-corrected chi connectivity index (χ3v) is 5.34. The lowest BCUT2D eigenvalue weighted by Crippen LogP contribution is -2.36. The first kappa shape index (κ1) is 15.5. The monoisotopic (exact) mass is 304 g/mol. The fraction of sp³-hybridized carbons (Fsp3) is 0.250. The summed E-state index contributed by atoms with van der Waals surface area (Å²) in [6.45, 7) is 3.99. The van der Waals surface area contributed by atoms with Crippen LogP contribution in [0.25, 0.3) is 0 Å². The Labute approximate surface area is 126 Å². The molecular formula is C16H20N2O2S. The van der Waals surface area contributed by atoms with E-state index >= 15 is 0 Å². The quantitative estimate of drug-likeness (QED) is 0.864. The molecule has 2 aromatic rings. The first-order valence-electron chi connectivity index (χ1n) is 6.83. The Hall–Kier alpha value is -1.85. The highest BCUT2D eigenvalue weighted by Crippen LogP contribution is 2.22. The molecule has 112 valence electrons.